The zero-order chi connectivity index (χ0) is 25.7. The van der Waals surface area contributed by atoms with Gasteiger partial charge in [0, 0.05) is 26.0 Å². The van der Waals surface area contributed by atoms with Crippen molar-refractivity contribution >= 4 is 60.6 Å². The van der Waals surface area contributed by atoms with E-state index in [9.17, 15) is 4.79 Å². The lowest BCUT2D eigenvalue weighted by Crippen LogP contribution is -2.22. The standard InChI is InChI=1S/C27H24Br2ClN3O3/c1-3-4-5-25-32-23-11-8-19(28)13-22(23)27(34)33(25)31-15-18-12-20(29)14-24(35-2)26(18)36-16-17-6-9-21(30)10-7-17/h6-15H,3-5,16H2,1-2H3. The van der Waals surface area contributed by atoms with Crippen LogP contribution in [0.1, 0.15) is 36.7 Å². The molecule has 0 unspecified atom stereocenters. The third-order valence-corrected chi connectivity index (χ3v) is 6.71. The zero-order valence-electron chi connectivity index (χ0n) is 19.8. The first kappa shape index (κ1) is 26.4. The minimum atomic E-state index is -0.228. The first-order chi connectivity index (χ1) is 17.4. The molecule has 0 atom stereocenters. The molecule has 0 spiro atoms. The van der Waals surface area contributed by atoms with Gasteiger partial charge in [0.05, 0.1) is 24.2 Å². The van der Waals surface area contributed by atoms with Gasteiger partial charge in [-0.15, -0.1) is 0 Å². The summed E-state index contributed by atoms with van der Waals surface area (Å²) in [7, 11) is 1.58. The Balaban J connectivity index is 1.77. The summed E-state index contributed by atoms with van der Waals surface area (Å²) in [6.07, 6.45) is 4.11. The van der Waals surface area contributed by atoms with Crippen LogP contribution in [0.2, 0.25) is 5.02 Å². The van der Waals surface area contributed by atoms with Crippen molar-refractivity contribution in [2.75, 3.05) is 7.11 Å². The van der Waals surface area contributed by atoms with E-state index in [2.05, 4.69) is 43.9 Å². The van der Waals surface area contributed by atoms with Crippen LogP contribution in [0, 0.1) is 0 Å². The SMILES string of the molecule is CCCCc1nc2ccc(Br)cc2c(=O)n1N=Cc1cc(Br)cc(OC)c1OCc1ccc(Cl)cc1. The number of fused-ring (bicyclic) bond motifs is 1. The van der Waals surface area contributed by atoms with Gasteiger partial charge in [-0.3, -0.25) is 4.79 Å². The number of hydrogen-bond acceptors (Lipinski definition) is 5. The molecular weight excluding hydrogens is 610 g/mol. The monoisotopic (exact) mass is 631 g/mol. The fourth-order valence-electron chi connectivity index (χ4n) is 3.66. The second-order valence-corrected chi connectivity index (χ2v) is 10.4. The number of halogens is 3. The Hall–Kier alpha value is -2.68. The Kier molecular flexibility index (Phi) is 8.82. The molecule has 0 aliphatic heterocycles. The van der Waals surface area contributed by atoms with E-state index in [4.69, 9.17) is 26.1 Å². The van der Waals surface area contributed by atoms with Gasteiger partial charge in [0.1, 0.15) is 12.4 Å². The van der Waals surface area contributed by atoms with Crippen molar-refractivity contribution in [3.05, 3.63) is 95.9 Å². The molecule has 0 bridgehead atoms. The number of ether oxygens (including phenoxy) is 2. The van der Waals surface area contributed by atoms with Crippen molar-refractivity contribution in [3.63, 3.8) is 0 Å². The third-order valence-electron chi connectivity index (χ3n) is 5.51. The highest BCUT2D eigenvalue weighted by Crippen LogP contribution is 2.34. The van der Waals surface area contributed by atoms with E-state index >= 15 is 0 Å². The van der Waals surface area contributed by atoms with Crippen LogP contribution in [-0.4, -0.2) is 23.0 Å². The van der Waals surface area contributed by atoms with E-state index in [0.29, 0.717) is 51.8 Å². The highest BCUT2D eigenvalue weighted by Gasteiger charge is 2.14. The third kappa shape index (κ3) is 6.17. The van der Waals surface area contributed by atoms with Gasteiger partial charge in [-0.1, -0.05) is 68.9 Å². The van der Waals surface area contributed by atoms with Crippen LogP contribution >= 0.6 is 43.5 Å². The Morgan fingerprint density at radius 3 is 2.58 bits per heavy atom. The number of aryl methyl sites for hydroxylation is 1. The van der Waals surface area contributed by atoms with E-state index in [1.807, 2.05) is 48.5 Å². The van der Waals surface area contributed by atoms with Gasteiger partial charge in [0.25, 0.3) is 5.56 Å². The van der Waals surface area contributed by atoms with Gasteiger partial charge in [0.15, 0.2) is 11.5 Å². The van der Waals surface area contributed by atoms with Crippen LogP contribution in [-0.2, 0) is 13.0 Å². The van der Waals surface area contributed by atoms with Crippen LogP contribution in [0.25, 0.3) is 10.9 Å². The van der Waals surface area contributed by atoms with Crippen molar-refractivity contribution in [3.8, 4) is 11.5 Å². The predicted octanol–water partition coefficient (Wildman–Crippen LogP) is 7.39. The highest BCUT2D eigenvalue weighted by molar-refractivity contribution is 9.10. The lowest BCUT2D eigenvalue weighted by Gasteiger charge is -2.14. The van der Waals surface area contributed by atoms with Gasteiger partial charge in [-0.05, 0) is 54.4 Å². The number of unbranched alkanes of at least 4 members (excludes halogenated alkanes) is 1. The van der Waals surface area contributed by atoms with E-state index < -0.39 is 0 Å². The second-order valence-electron chi connectivity index (χ2n) is 8.10. The van der Waals surface area contributed by atoms with Gasteiger partial charge >= 0.3 is 0 Å². The molecule has 0 saturated heterocycles. The summed E-state index contributed by atoms with van der Waals surface area (Å²) >= 11 is 13.0. The van der Waals surface area contributed by atoms with Crippen molar-refractivity contribution in [1.82, 2.24) is 9.66 Å². The van der Waals surface area contributed by atoms with Crippen molar-refractivity contribution in [2.45, 2.75) is 32.8 Å². The van der Waals surface area contributed by atoms with Crippen LogP contribution in [0.5, 0.6) is 11.5 Å². The molecule has 4 rings (SSSR count). The second kappa shape index (κ2) is 12.0. The van der Waals surface area contributed by atoms with Crippen LogP contribution in [0.3, 0.4) is 0 Å². The smallest absolute Gasteiger partial charge is 0.282 e. The normalized spacial score (nSPS) is 11.4. The lowest BCUT2D eigenvalue weighted by molar-refractivity contribution is 0.284. The molecule has 0 aliphatic carbocycles. The highest BCUT2D eigenvalue weighted by atomic mass is 79.9. The number of methoxy groups -OCH3 is 1. The summed E-state index contributed by atoms with van der Waals surface area (Å²) < 4.78 is 14.7. The molecule has 0 fully saturated rings. The molecule has 0 radical (unpaired) electrons. The molecule has 0 saturated carbocycles. The van der Waals surface area contributed by atoms with E-state index in [0.717, 1.165) is 27.4 Å². The quantitative estimate of drug-likeness (QED) is 0.180. The first-order valence-corrected chi connectivity index (χ1v) is 13.4. The van der Waals surface area contributed by atoms with Gasteiger partial charge in [-0.2, -0.15) is 9.78 Å². The maximum Gasteiger partial charge on any atom is 0.282 e. The van der Waals surface area contributed by atoms with Crippen molar-refractivity contribution < 1.29 is 9.47 Å². The predicted molar refractivity (Wildman–Crippen MR) is 152 cm³/mol. The minimum absolute atomic E-state index is 0.228. The maximum absolute atomic E-state index is 13.4. The molecule has 1 aromatic heterocycles. The van der Waals surface area contributed by atoms with E-state index in [-0.39, 0.29) is 5.56 Å². The Morgan fingerprint density at radius 2 is 1.86 bits per heavy atom. The summed E-state index contributed by atoms with van der Waals surface area (Å²) in [5.41, 5.74) is 2.03. The summed E-state index contributed by atoms with van der Waals surface area (Å²) in [4.78, 5) is 18.1. The van der Waals surface area contributed by atoms with Gasteiger partial charge < -0.3 is 9.47 Å². The summed E-state index contributed by atoms with van der Waals surface area (Å²) in [6, 6.07) is 16.6. The average Bonchev–Trinajstić information content (AvgIpc) is 2.87. The molecule has 1 heterocycles. The van der Waals surface area contributed by atoms with Crippen molar-refractivity contribution in [1.29, 1.82) is 0 Å². The molecule has 4 aromatic rings. The molecular formula is C27H24Br2ClN3O3. The molecule has 186 valence electrons. The Labute approximate surface area is 231 Å². The fourth-order valence-corrected chi connectivity index (χ4v) is 4.60. The Morgan fingerprint density at radius 1 is 1.08 bits per heavy atom. The fraction of sp³-hybridized carbons (Fsp3) is 0.222. The number of aromatic nitrogens is 2. The molecule has 0 N–H and O–H groups in total. The summed E-state index contributed by atoms with van der Waals surface area (Å²) in [5.74, 6) is 1.66. The van der Waals surface area contributed by atoms with Crippen LogP contribution < -0.4 is 15.0 Å². The first-order valence-electron chi connectivity index (χ1n) is 11.4. The Bertz CT molecular complexity index is 1470. The molecule has 36 heavy (non-hydrogen) atoms. The summed E-state index contributed by atoms with van der Waals surface area (Å²) in [6.45, 7) is 2.41. The molecule has 0 aliphatic rings. The number of benzene rings is 3. The summed E-state index contributed by atoms with van der Waals surface area (Å²) in [5, 5.41) is 5.73. The van der Waals surface area contributed by atoms with Crippen molar-refractivity contribution in [2.24, 2.45) is 5.10 Å². The topological polar surface area (TPSA) is 65.7 Å². The van der Waals surface area contributed by atoms with E-state index in [1.54, 1.807) is 19.4 Å². The molecule has 6 nitrogen and oxygen atoms in total. The lowest BCUT2D eigenvalue weighted by atomic mass is 10.2. The molecule has 9 heteroatoms. The minimum Gasteiger partial charge on any atom is -0.493 e. The molecule has 0 amide bonds. The van der Waals surface area contributed by atoms with E-state index in [1.165, 1.54) is 4.68 Å². The average molecular weight is 634 g/mol. The van der Waals surface area contributed by atoms with Gasteiger partial charge in [-0.25, -0.2) is 4.98 Å². The largest absolute Gasteiger partial charge is 0.493 e. The van der Waals surface area contributed by atoms with Crippen LogP contribution in [0.4, 0.5) is 0 Å². The number of nitrogens with zero attached hydrogens (tertiary/aromatic N) is 3. The van der Waals surface area contributed by atoms with Gasteiger partial charge in [0.2, 0.25) is 0 Å². The molecule has 3 aromatic carbocycles. The zero-order valence-corrected chi connectivity index (χ0v) is 23.7. The maximum atomic E-state index is 13.4. The number of rotatable bonds is 9. The number of hydrogen-bond donors (Lipinski definition) is 0. The van der Waals surface area contributed by atoms with Crippen LogP contribution in [0.15, 0.2) is 73.4 Å².